The molecule has 2 aromatic carbocycles. The topological polar surface area (TPSA) is 105 Å². The molecule has 0 aliphatic carbocycles. The molecule has 3 unspecified atom stereocenters. The number of hydrogen-bond donors (Lipinski definition) is 2. The molecule has 0 bridgehead atoms. The zero-order valence-corrected chi connectivity index (χ0v) is 15.4. The monoisotopic (exact) mass is 379 g/mol. The van der Waals surface area contributed by atoms with Crippen molar-refractivity contribution >= 4 is 17.7 Å². The minimum absolute atomic E-state index is 0.0158. The Morgan fingerprint density at radius 1 is 1.14 bits per heavy atom. The molecule has 2 amide bonds. The lowest BCUT2D eigenvalue weighted by Gasteiger charge is -2.30. The molecular weight excluding hydrogens is 358 g/mol. The molecule has 3 rings (SSSR count). The van der Waals surface area contributed by atoms with Crippen molar-refractivity contribution in [3.63, 3.8) is 0 Å². The van der Waals surface area contributed by atoms with Gasteiger partial charge in [-0.25, -0.2) is 4.79 Å². The molecule has 0 saturated carbocycles. The van der Waals surface area contributed by atoms with Crippen LogP contribution in [0.1, 0.15) is 13.3 Å². The molecule has 1 aliphatic rings. The summed E-state index contributed by atoms with van der Waals surface area (Å²) in [5, 5.41) is 28.6. The third kappa shape index (κ3) is 3.82. The number of benzene rings is 2. The summed E-state index contributed by atoms with van der Waals surface area (Å²) in [6, 6.07) is 17.2. The van der Waals surface area contributed by atoms with Crippen LogP contribution in [0.4, 0.5) is 10.5 Å². The van der Waals surface area contributed by atoms with E-state index in [4.69, 9.17) is 0 Å². The van der Waals surface area contributed by atoms with Crippen LogP contribution >= 0.6 is 0 Å². The average molecular weight is 379 g/mol. The van der Waals surface area contributed by atoms with Gasteiger partial charge < -0.3 is 10.2 Å². The molecule has 1 aliphatic heterocycles. The molecule has 3 atom stereocenters. The smallest absolute Gasteiger partial charge is 0.408 e. The summed E-state index contributed by atoms with van der Waals surface area (Å²) >= 11 is 0. The third-order valence-corrected chi connectivity index (χ3v) is 4.87. The van der Waals surface area contributed by atoms with Crippen molar-refractivity contribution in [2.24, 2.45) is 0 Å². The lowest BCUT2D eigenvalue weighted by Crippen LogP contribution is -2.50. The first-order chi connectivity index (χ1) is 13.4. The molecule has 2 N–H and O–H groups in total. The number of nitrogens with zero attached hydrogens (tertiary/aromatic N) is 3. The minimum Gasteiger partial charge on any atom is -0.465 e. The van der Waals surface area contributed by atoms with E-state index in [-0.39, 0.29) is 13.0 Å². The highest BCUT2D eigenvalue weighted by Gasteiger charge is 2.42. The molecule has 0 radical (unpaired) electrons. The Morgan fingerprint density at radius 3 is 2.32 bits per heavy atom. The van der Waals surface area contributed by atoms with Crippen LogP contribution in [0.25, 0.3) is 11.1 Å². The number of hydrogen-bond acceptors (Lipinski definition) is 4. The van der Waals surface area contributed by atoms with Gasteiger partial charge >= 0.3 is 6.09 Å². The predicted octanol–water partition coefficient (Wildman–Crippen LogP) is 2.71. The Morgan fingerprint density at radius 2 is 1.75 bits per heavy atom. The van der Waals surface area contributed by atoms with Gasteiger partial charge in [0.25, 0.3) is 5.91 Å². The lowest BCUT2D eigenvalue weighted by molar-refractivity contribution is -0.122. The molecule has 7 heteroatoms. The van der Waals surface area contributed by atoms with Crippen molar-refractivity contribution in [3.05, 3.63) is 54.6 Å². The van der Waals surface area contributed by atoms with E-state index in [1.165, 1.54) is 4.90 Å². The first-order valence-electron chi connectivity index (χ1n) is 8.98. The van der Waals surface area contributed by atoms with E-state index in [1.54, 1.807) is 19.1 Å². The van der Waals surface area contributed by atoms with Crippen LogP contribution in [0.3, 0.4) is 0 Å². The molecule has 0 spiro atoms. The summed E-state index contributed by atoms with van der Waals surface area (Å²) in [7, 11) is 0. The second-order valence-corrected chi connectivity index (χ2v) is 6.77. The Balaban J connectivity index is 1.91. The highest BCUT2D eigenvalue weighted by molar-refractivity contribution is 6.00. The number of β-amino-alcohol motifs (C(OH)–C–C–N with tert-alkyl or cyclic N) is 1. The van der Waals surface area contributed by atoms with Crippen LogP contribution in [-0.2, 0) is 4.79 Å². The summed E-state index contributed by atoms with van der Waals surface area (Å²) in [5.74, 6) is -0.513. The normalized spacial score (nSPS) is 19.7. The number of carboxylic acid groups (broad SMARTS) is 1. The Labute approximate surface area is 163 Å². The van der Waals surface area contributed by atoms with Gasteiger partial charge in [0.1, 0.15) is 12.1 Å². The van der Waals surface area contributed by atoms with Gasteiger partial charge in [-0.2, -0.15) is 5.26 Å². The van der Waals surface area contributed by atoms with Gasteiger partial charge in [0.2, 0.25) is 0 Å². The van der Waals surface area contributed by atoms with E-state index in [0.29, 0.717) is 5.69 Å². The quantitative estimate of drug-likeness (QED) is 0.850. The standard InChI is InChI=1S/C21H21N3O4/c1-14(12-22)24(20(26)19-11-18(25)13-23(19)21(27)28)17-9-7-16(8-10-17)15-5-3-2-4-6-15/h2-10,14,18-19,25H,11,13H2,1H3,(H,27,28). The Bertz CT molecular complexity index is 892. The summed E-state index contributed by atoms with van der Waals surface area (Å²) in [6.07, 6.45) is -2.15. The number of nitriles is 1. The van der Waals surface area contributed by atoms with E-state index in [2.05, 4.69) is 0 Å². The van der Waals surface area contributed by atoms with Crippen molar-refractivity contribution < 1.29 is 19.8 Å². The highest BCUT2D eigenvalue weighted by Crippen LogP contribution is 2.27. The van der Waals surface area contributed by atoms with Gasteiger partial charge in [-0.15, -0.1) is 0 Å². The van der Waals surface area contributed by atoms with E-state index >= 15 is 0 Å². The van der Waals surface area contributed by atoms with Crippen LogP contribution in [-0.4, -0.2) is 51.8 Å². The Kier molecular flexibility index (Phi) is 5.62. The summed E-state index contributed by atoms with van der Waals surface area (Å²) in [5.41, 5.74) is 2.49. The van der Waals surface area contributed by atoms with Gasteiger partial charge in [-0.1, -0.05) is 42.5 Å². The zero-order chi connectivity index (χ0) is 20.3. The van der Waals surface area contributed by atoms with E-state index < -0.39 is 30.2 Å². The predicted molar refractivity (Wildman–Crippen MR) is 104 cm³/mol. The van der Waals surface area contributed by atoms with Gasteiger partial charge in [0, 0.05) is 12.1 Å². The second kappa shape index (κ2) is 8.11. The maximum Gasteiger partial charge on any atom is 0.408 e. The fraction of sp³-hybridized carbons (Fsp3) is 0.286. The fourth-order valence-corrected chi connectivity index (χ4v) is 3.46. The average Bonchev–Trinajstić information content (AvgIpc) is 3.11. The number of aliphatic hydroxyl groups is 1. The fourth-order valence-electron chi connectivity index (χ4n) is 3.46. The summed E-state index contributed by atoms with van der Waals surface area (Å²) in [6.45, 7) is 1.47. The number of amides is 2. The number of likely N-dealkylation sites (tertiary alicyclic amines) is 1. The highest BCUT2D eigenvalue weighted by atomic mass is 16.4. The number of carbonyl (C=O) groups is 2. The van der Waals surface area contributed by atoms with Crippen LogP contribution in [0, 0.1) is 11.3 Å². The maximum atomic E-state index is 13.1. The SMILES string of the molecule is CC(C#N)N(C(=O)C1CC(O)CN1C(=O)O)c1ccc(-c2ccccc2)cc1. The molecule has 28 heavy (non-hydrogen) atoms. The van der Waals surface area contributed by atoms with Crippen LogP contribution in [0.5, 0.6) is 0 Å². The molecule has 7 nitrogen and oxygen atoms in total. The van der Waals surface area contributed by atoms with Crippen LogP contribution in [0.2, 0.25) is 0 Å². The molecule has 1 saturated heterocycles. The molecule has 2 aromatic rings. The number of anilines is 1. The number of rotatable bonds is 4. The summed E-state index contributed by atoms with van der Waals surface area (Å²) < 4.78 is 0. The summed E-state index contributed by atoms with van der Waals surface area (Å²) in [4.78, 5) is 26.8. The van der Waals surface area contributed by atoms with Gasteiger partial charge in [-0.3, -0.25) is 14.6 Å². The van der Waals surface area contributed by atoms with Crippen molar-refractivity contribution in [3.8, 4) is 17.2 Å². The Hall–Kier alpha value is -3.37. The van der Waals surface area contributed by atoms with E-state index in [1.807, 2.05) is 48.5 Å². The second-order valence-electron chi connectivity index (χ2n) is 6.77. The van der Waals surface area contributed by atoms with Crippen molar-refractivity contribution in [1.29, 1.82) is 5.26 Å². The van der Waals surface area contributed by atoms with Gasteiger partial charge in [-0.05, 0) is 30.2 Å². The molecule has 144 valence electrons. The van der Waals surface area contributed by atoms with Gasteiger partial charge in [0.05, 0.1) is 18.7 Å². The number of carbonyl (C=O) groups excluding carboxylic acids is 1. The zero-order valence-electron chi connectivity index (χ0n) is 15.4. The molecular formula is C21H21N3O4. The van der Waals surface area contributed by atoms with Crippen LogP contribution < -0.4 is 4.90 Å². The van der Waals surface area contributed by atoms with E-state index in [9.17, 15) is 25.1 Å². The van der Waals surface area contributed by atoms with Crippen molar-refractivity contribution in [2.75, 3.05) is 11.4 Å². The molecule has 1 heterocycles. The van der Waals surface area contributed by atoms with Crippen molar-refractivity contribution in [2.45, 2.75) is 31.5 Å². The van der Waals surface area contributed by atoms with Crippen LogP contribution in [0.15, 0.2) is 54.6 Å². The van der Waals surface area contributed by atoms with Crippen molar-refractivity contribution in [1.82, 2.24) is 4.90 Å². The third-order valence-electron chi connectivity index (χ3n) is 4.87. The first-order valence-corrected chi connectivity index (χ1v) is 8.98. The minimum atomic E-state index is -1.26. The molecule has 0 aromatic heterocycles. The largest absolute Gasteiger partial charge is 0.465 e. The number of aliphatic hydroxyl groups excluding tert-OH is 1. The first kappa shape index (κ1) is 19.4. The lowest BCUT2D eigenvalue weighted by atomic mass is 10.0. The molecule has 1 fully saturated rings. The maximum absolute atomic E-state index is 13.1. The van der Waals surface area contributed by atoms with Gasteiger partial charge in [0.15, 0.2) is 0 Å². The van der Waals surface area contributed by atoms with E-state index in [0.717, 1.165) is 16.0 Å².